The van der Waals surface area contributed by atoms with E-state index in [1.165, 1.54) is 104 Å². The van der Waals surface area contributed by atoms with Crippen LogP contribution in [0, 0.1) is 0 Å². The fourth-order valence-corrected chi connectivity index (χ4v) is 8.70. The van der Waals surface area contributed by atoms with E-state index in [1.54, 1.807) is 17.4 Å². The lowest BCUT2D eigenvalue weighted by Gasteiger charge is -2.41. The molecule has 14 heteroatoms. The molecule has 1 saturated carbocycles. The standard InChI is InChI=1S/C38H46N2O3S.2C2H2O4/c41-30-14-19-37-33(27-30)34(38(44-37)29-12-17-31(18-13-29)42-25-24-39-20-6-7-21-39)26-28-10-15-32(16-11-28)43-36-9-3-2-8-35(36)40-22-4-1-5-23-40;2*3-1(4)2(5)6/h10-19,27,35-36,41H,1-9,20-26H2;2*(H,3,4)(H,5,6)/t35-,36-;;/m1../s1. The number of nitrogens with zero attached hydrogens (tertiary/aromatic N) is 2. The zero-order chi connectivity index (χ0) is 40.0. The molecule has 300 valence electrons. The van der Waals surface area contributed by atoms with Crippen molar-refractivity contribution < 1.29 is 54.2 Å². The summed E-state index contributed by atoms with van der Waals surface area (Å²) in [5.41, 5.74) is 3.70. The number of likely N-dealkylation sites (tertiary alicyclic amines) is 2. The van der Waals surface area contributed by atoms with E-state index in [-0.39, 0.29) is 6.10 Å². The van der Waals surface area contributed by atoms with E-state index in [0.29, 0.717) is 11.8 Å². The molecule has 5 N–H and O–H groups in total. The summed E-state index contributed by atoms with van der Waals surface area (Å²) in [7, 11) is 0. The highest BCUT2D eigenvalue weighted by Crippen LogP contribution is 2.42. The maximum atomic E-state index is 10.4. The normalized spacial score (nSPS) is 18.5. The predicted octanol–water partition coefficient (Wildman–Crippen LogP) is 6.83. The van der Waals surface area contributed by atoms with Crippen LogP contribution in [0.3, 0.4) is 0 Å². The molecule has 13 nitrogen and oxygen atoms in total. The second-order valence-corrected chi connectivity index (χ2v) is 15.2. The molecule has 0 radical (unpaired) electrons. The van der Waals surface area contributed by atoms with Crippen LogP contribution >= 0.6 is 11.3 Å². The maximum absolute atomic E-state index is 10.4. The Hall–Kier alpha value is -5.18. The van der Waals surface area contributed by atoms with Crippen molar-refractivity contribution in [3.63, 3.8) is 0 Å². The molecule has 3 aliphatic rings. The lowest BCUT2D eigenvalue weighted by Crippen LogP contribution is -2.49. The van der Waals surface area contributed by atoms with Crippen LogP contribution < -0.4 is 9.47 Å². The summed E-state index contributed by atoms with van der Waals surface area (Å²) < 4.78 is 13.9. The molecule has 3 aromatic carbocycles. The minimum absolute atomic E-state index is 0.287. The number of rotatable bonds is 10. The second kappa shape index (κ2) is 20.7. The Morgan fingerprint density at radius 1 is 0.679 bits per heavy atom. The number of thiophene rings is 1. The van der Waals surface area contributed by atoms with Crippen molar-refractivity contribution in [1.82, 2.24) is 9.80 Å². The average molecular weight is 791 g/mol. The molecule has 3 fully saturated rings. The number of carbonyl (C=O) groups is 4. The van der Waals surface area contributed by atoms with Gasteiger partial charge in [-0.05, 0) is 149 Å². The molecule has 7 rings (SSSR count). The molecule has 0 bridgehead atoms. The number of carboxylic acids is 4. The van der Waals surface area contributed by atoms with Gasteiger partial charge >= 0.3 is 23.9 Å². The van der Waals surface area contributed by atoms with Crippen molar-refractivity contribution in [3.8, 4) is 27.7 Å². The Bertz CT molecular complexity index is 1870. The number of aromatic hydroxyl groups is 1. The highest BCUT2D eigenvalue weighted by molar-refractivity contribution is 7.22. The van der Waals surface area contributed by atoms with E-state index >= 15 is 0 Å². The van der Waals surface area contributed by atoms with E-state index in [1.807, 2.05) is 12.1 Å². The number of phenols is 1. The van der Waals surface area contributed by atoms with Crippen LogP contribution in [-0.4, -0.2) is 111 Å². The van der Waals surface area contributed by atoms with Gasteiger partial charge in [-0.25, -0.2) is 19.2 Å². The lowest BCUT2D eigenvalue weighted by molar-refractivity contribution is -0.159. The van der Waals surface area contributed by atoms with Crippen LogP contribution in [-0.2, 0) is 25.6 Å². The van der Waals surface area contributed by atoms with Crippen molar-refractivity contribution in [2.24, 2.45) is 0 Å². The molecule has 2 saturated heterocycles. The Balaban J connectivity index is 0.000000437. The largest absolute Gasteiger partial charge is 0.508 e. The first-order valence-electron chi connectivity index (χ1n) is 19.1. The summed E-state index contributed by atoms with van der Waals surface area (Å²) in [5.74, 6) is -5.08. The van der Waals surface area contributed by atoms with Crippen molar-refractivity contribution in [3.05, 3.63) is 77.9 Å². The summed E-state index contributed by atoms with van der Waals surface area (Å²) in [6, 6.07) is 23.6. The molecule has 2 atom stereocenters. The van der Waals surface area contributed by atoms with Gasteiger partial charge in [0.15, 0.2) is 0 Å². The average Bonchev–Trinajstić information content (AvgIpc) is 3.85. The van der Waals surface area contributed by atoms with Gasteiger partial charge < -0.3 is 35.0 Å². The highest BCUT2D eigenvalue weighted by atomic mass is 32.1. The number of aliphatic carboxylic acids is 4. The quantitative estimate of drug-likeness (QED) is 0.105. The number of hydrogen-bond donors (Lipinski definition) is 5. The van der Waals surface area contributed by atoms with E-state index < -0.39 is 23.9 Å². The van der Waals surface area contributed by atoms with Gasteiger partial charge in [0.2, 0.25) is 0 Å². The first-order chi connectivity index (χ1) is 27.0. The van der Waals surface area contributed by atoms with Gasteiger partial charge in [0.05, 0.1) is 0 Å². The molecule has 2 aliphatic heterocycles. The predicted molar refractivity (Wildman–Crippen MR) is 212 cm³/mol. The molecule has 56 heavy (non-hydrogen) atoms. The number of carboxylic acid groups (broad SMARTS) is 4. The first kappa shape index (κ1) is 42.0. The molecule has 0 amide bonds. The lowest BCUT2D eigenvalue weighted by atomic mass is 9.90. The number of piperidine rings is 1. The number of benzene rings is 3. The number of ether oxygens (including phenoxy) is 2. The molecule has 3 heterocycles. The van der Waals surface area contributed by atoms with Gasteiger partial charge in [-0.15, -0.1) is 11.3 Å². The fraction of sp³-hybridized carbons (Fsp3) is 0.429. The monoisotopic (exact) mass is 790 g/mol. The molecule has 0 spiro atoms. The van der Waals surface area contributed by atoms with Crippen LogP contribution in [0.4, 0.5) is 0 Å². The van der Waals surface area contributed by atoms with Crippen LogP contribution in [0.15, 0.2) is 66.7 Å². The van der Waals surface area contributed by atoms with Crippen LogP contribution in [0.1, 0.15) is 68.9 Å². The highest BCUT2D eigenvalue weighted by Gasteiger charge is 2.32. The van der Waals surface area contributed by atoms with Crippen molar-refractivity contribution in [2.75, 3.05) is 39.3 Å². The third kappa shape index (κ3) is 12.2. The van der Waals surface area contributed by atoms with E-state index in [4.69, 9.17) is 49.1 Å². The summed E-state index contributed by atoms with van der Waals surface area (Å²) in [5, 5.41) is 41.1. The topological polar surface area (TPSA) is 194 Å². The van der Waals surface area contributed by atoms with E-state index in [2.05, 4.69) is 58.3 Å². The van der Waals surface area contributed by atoms with Crippen LogP contribution in [0.25, 0.3) is 20.5 Å². The zero-order valence-corrected chi connectivity index (χ0v) is 32.1. The summed E-state index contributed by atoms with van der Waals surface area (Å²) in [6.07, 6.45) is 12.7. The smallest absolute Gasteiger partial charge is 0.414 e. The van der Waals surface area contributed by atoms with Gasteiger partial charge in [0.25, 0.3) is 0 Å². The molecular weight excluding hydrogens is 741 g/mol. The van der Waals surface area contributed by atoms with Gasteiger partial charge in [0.1, 0.15) is 30.0 Å². The van der Waals surface area contributed by atoms with Gasteiger partial charge in [0, 0.05) is 27.5 Å². The van der Waals surface area contributed by atoms with Crippen LogP contribution in [0.5, 0.6) is 17.2 Å². The minimum Gasteiger partial charge on any atom is -0.508 e. The first-order valence-corrected chi connectivity index (χ1v) is 19.9. The molecule has 4 aromatic rings. The second-order valence-electron chi connectivity index (χ2n) is 14.2. The van der Waals surface area contributed by atoms with E-state index in [9.17, 15) is 5.11 Å². The van der Waals surface area contributed by atoms with Gasteiger partial charge in [-0.2, -0.15) is 0 Å². The number of hydrogen-bond acceptors (Lipinski definition) is 10. The molecule has 1 aromatic heterocycles. The Morgan fingerprint density at radius 2 is 1.27 bits per heavy atom. The van der Waals surface area contributed by atoms with Crippen molar-refractivity contribution in [1.29, 1.82) is 0 Å². The van der Waals surface area contributed by atoms with Gasteiger partial charge in [-0.1, -0.05) is 25.0 Å². The third-order valence-electron chi connectivity index (χ3n) is 10.3. The Morgan fingerprint density at radius 3 is 1.89 bits per heavy atom. The molecular formula is C42H50N2O11S. The summed E-state index contributed by atoms with van der Waals surface area (Å²) >= 11 is 1.80. The Labute approximate surface area is 329 Å². The maximum Gasteiger partial charge on any atom is 0.414 e. The fourth-order valence-electron chi connectivity index (χ4n) is 7.49. The van der Waals surface area contributed by atoms with E-state index in [0.717, 1.165) is 42.9 Å². The molecule has 0 unspecified atom stereocenters. The Kier molecular flexibility index (Phi) is 15.5. The molecule has 1 aliphatic carbocycles. The third-order valence-corrected chi connectivity index (χ3v) is 11.5. The zero-order valence-electron chi connectivity index (χ0n) is 31.3. The summed E-state index contributed by atoms with van der Waals surface area (Å²) in [4.78, 5) is 42.8. The van der Waals surface area contributed by atoms with Crippen molar-refractivity contribution >= 4 is 45.3 Å². The number of fused-ring (bicyclic) bond motifs is 1. The van der Waals surface area contributed by atoms with Gasteiger partial charge in [-0.3, -0.25) is 9.80 Å². The minimum atomic E-state index is -1.82. The van der Waals surface area contributed by atoms with Crippen LogP contribution in [0.2, 0.25) is 0 Å². The SMILES string of the molecule is O=C(O)C(=O)O.O=C(O)C(=O)O.Oc1ccc2sc(-c3ccc(OCCN4CCCC4)cc3)c(Cc3ccc(O[C@@H]4CCCC[C@H]4N4CCCCC4)cc3)c2c1. The van der Waals surface area contributed by atoms with Crippen molar-refractivity contribution in [2.45, 2.75) is 76.4 Å². The number of phenolic OH excluding ortho intramolecular Hbond substituents is 1. The summed E-state index contributed by atoms with van der Waals surface area (Å²) in [6.45, 7) is 6.57.